The summed E-state index contributed by atoms with van der Waals surface area (Å²) in [5.41, 5.74) is 7.00. The summed E-state index contributed by atoms with van der Waals surface area (Å²) in [6.07, 6.45) is 1.49. The van der Waals surface area contributed by atoms with Crippen LogP contribution in [0.1, 0.15) is 45.2 Å². The fourth-order valence-electron chi connectivity index (χ4n) is 3.60. The Labute approximate surface area is 157 Å². The van der Waals surface area contributed by atoms with Gasteiger partial charge in [-0.1, -0.05) is 6.07 Å². The van der Waals surface area contributed by atoms with E-state index in [-0.39, 0.29) is 29.4 Å². The Kier molecular flexibility index (Phi) is 5.58. The van der Waals surface area contributed by atoms with Gasteiger partial charge in [-0.15, -0.1) is 11.3 Å². The lowest BCUT2D eigenvalue weighted by Gasteiger charge is -2.25. The van der Waals surface area contributed by atoms with Crippen LogP contribution in [0, 0.1) is 12.7 Å². The number of aromatic nitrogens is 1. The van der Waals surface area contributed by atoms with E-state index in [2.05, 4.69) is 4.98 Å². The molecule has 26 heavy (non-hydrogen) atoms. The number of nitrogens with two attached hydrogens (primary N) is 1. The third kappa shape index (κ3) is 3.46. The normalized spacial score (nSPS) is 19.8. The number of carbonyl (C=O) groups excluding carboxylic acids is 1. The van der Waals surface area contributed by atoms with E-state index in [1.165, 1.54) is 24.5 Å². The summed E-state index contributed by atoms with van der Waals surface area (Å²) in [7, 11) is 1.45. The summed E-state index contributed by atoms with van der Waals surface area (Å²) >= 11 is 1.53. The summed E-state index contributed by atoms with van der Waals surface area (Å²) in [6.45, 7) is 5.09. The highest BCUT2D eigenvalue weighted by molar-refractivity contribution is 7.11. The first-order valence-electron chi connectivity index (χ1n) is 8.77. The van der Waals surface area contributed by atoms with E-state index in [1.807, 2.05) is 24.8 Å². The fourth-order valence-corrected chi connectivity index (χ4v) is 4.54. The molecule has 7 heteroatoms. The molecule has 3 rings (SSSR count). The number of methoxy groups -OCH3 is 1. The molecule has 1 fully saturated rings. The van der Waals surface area contributed by atoms with Crippen LogP contribution >= 0.6 is 11.3 Å². The number of likely N-dealkylation sites (tertiary alicyclic amines) is 1. The molecule has 0 saturated carbocycles. The molecule has 2 atom stereocenters. The zero-order chi connectivity index (χ0) is 18.8. The van der Waals surface area contributed by atoms with Crippen LogP contribution < -0.4 is 10.5 Å². The standard InChI is InChI=1S/C19H24FN3O2S/c1-11-14(13-4-5-16(25-3)15(20)10-13)7-9-23(11)19(24)18-12(2)26-17(22-18)6-8-21/h4-5,10-11,14H,6-9,21H2,1-3H3. The monoisotopic (exact) mass is 377 g/mol. The van der Waals surface area contributed by atoms with Crippen molar-refractivity contribution in [2.75, 3.05) is 20.2 Å². The zero-order valence-electron chi connectivity index (χ0n) is 15.3. The van der Waals surface area contributed by atoms with E-state index < -0.39 is 0 Å². The van der Waals surface area contributed by atoms with Crippen LogP contribution in [0.2, 0.25) is 0 Å². The number of hydrogen-bond donors (Lipinski definition) is 1. The second-order valence-corrected chi connectivity index (χ2v) is 7.87. The Morgan fingerprint density at radius 1 is 1.50 bits per heavy atom. The van der Waals surface area contributed by atoms with Crippen LogP contribution in [0.15, 0.2) is 18.2 Å². The molecule has 2 heterocycles. The molecule has 2 aromatic rings. The minimum Gasteiger partial charge on any atom is -0.494 e. The Morgan fingerprint density at radius 2 is 2.27 bits per heavy atom. The predicted octanol–water partition coefficient (Wildman–Crippen LogP) is 3.12. The Hall–Kier alpha value is -1.99. The molecular weight excluding hydrogens is 353 g/mol. The van der Waals surface area contributed by atoms with E-state index >= 15 is 0 Å². The van der Waals surface area contributed by atoms with Gasteiger partial charge in [0, 0.05) is 29.8 Å². The minimum atomic E-state index is -0.372. The third-order valence-corrected chi connectivity index (χ3v) is 6.05. The second kappa shape index (κ2) is 7.72. The van der Waals surface area contributed by atoms with Crippen molar-refractivity contribution in [3.63, 3.8) is 0 Å². The van der Waals surface area contributed by atoms with Crippen LogP contribution in [0.5, 0.6) is 5.75 Å². The number of hydrogen-bond acceptors (Lipinski definition) is 5. The van der Waals surface area contributed by atoms with Crippen molar-refractivity contribution >= 4 is 17.2 Å². The van der Waals surface area contributed by atoms with Crippen molar-refractivity contribution < 1.29 is 13.9 Å². The molecule has 1 aromatic carbocycles. The van der Waals surface area contributed by atoms with E-state index in [0.717, 1.165) is 21.9 Å². The van der Waals surface area contributed by atoms with Gasteiger partial charge in [-0.3, -0.25) is 4.79 Å². The maximum absolute atomic E-state index is 14.1. The Bertz CT molecular complexity index is 808. The SMILES string of the molecule is COc1ccc(C2CCN(C(=O)c3nc(CCN)sc3C)C2C)cc1F. The summed E-state index contributed by atoms with van der Waals surface area (Å²) in [6, 6.07) is 5.02. The number of amides is 1. The number of thiazole rings is 1. The number of ether oxygens (including phenoxy) is 1. The van der Waals surface area contributed by atoms with Crippen LogP contribution in [-0.4, -0.2) is 42.0 Å². The van der Waals surface area contributed by atoms with Crippen LogP contribution in [0.25, 0.3) is 0 Å². The largest absolute Gasteiger partial charge is 0.494 e. The van der Waals surface area contributed by atoms with Crippen LogP contribution in [-0.2, 0) is 6.42 Å². The summed E-state index contributed by atoms with van der Waals surface area (Å²) in [5, 5.41) is 0.897. The third-order valence-electron chi connectivity index (χ3n) is 5.02. The van der Waals surface area contributed by atoms with Gasteiger partial charge in [-0.2, -0.15) is 0 Å². The molecule has 1 aliphatic rings. The zero-order valence-corrected chi connectivity index (χ0v) is 16.1. The van der Waals surface area contributed by atoms with Crippen molar-refractivity contribution in [3.8, 4) is 5.75 Å². The van der Waals surface area contributed by atoms with Gasteiger partial charge in [0.2, 0.25) is 0 Å². The Balaban J connectivity index is 1.79. The maximum atomic E-state index is 14.1. The highest BCUT2D eigenvalue weighted by Crippen LogP contribution is 2.36. The van der Waals surface area contributed by atoms with Crippen molar-refractivity contribution in [1.82, 2.24) is 9.88 Å². The number of aryl methyl sites for hydroxylation is 1. The molecule has 2 unspecified atom stereocenters. The topological polar surface area (TPSA) is 68.5 Å². The number of halogens is 1. The first-order valence-corrected chi connectivity index (χ1v) is 9.58. The van der Waals surface area contributed by atoms with Gasteiger partial charge in [-0.25, -0.2) is 9.37 Å². The van der Waals surface area contributed by atoms with Crippen LogP contribution in [0.3, 0.4) is 0 Å². The Morgan fingerprint density at radius 3 is 2.92 bits per heavy atom. The van der Waals surface area contributed by atoms with Gasteiger partial charge >= 0.3 is 0 Å². The maximum Gasteiger partial charge on any atom is 0.273 e. The fraction of sp³-hybridized carbons (Fsp3) is 0.474. The molecule has 0 radical (unpaired) electrons. The molecule has 1 aliphatic heterocycles. The molecule has 2 N–H and O–H groups in total. The van der Waals surface area contributed by atoms with Gasteiger partial charge in [0.15, 0.2) is 11.6 Å². The van der Waals surface area contributed by atoms with Crippen molar-refractivity contribution in [1.29, 1.82) is 0 Å². The van der Waals surface area contributed by atoms with Crippen molar-refractivity contribution in [2.24, 2.45) is 5.73 Å². The first-order chi connectivity index (χ1) is 12.5. The predicted molar refractivity (Wildman–Crippen MR) is 100 cm³/mol. The highest BCUT2D eigenvalue weighted by Gasteiger charge is 2.36. The lowest BCUT2D eigenvalue weighted by atomic mass is 9.92. The number of nitrogens with zero attached hydrogens (tertiary/aromatic N) is 2. The highest BCUT2D eigenvalue weighted by atomic mass is 32.1. The molecule has 0 bridgehead atoms. The molecule has 0 spiro atoms. The minimum absolute atomic E-state index is 0.0191. The van der Waals surface area contributed by atoms with Gasteiger partial charge < -0.3 is 15.4 Å². The second-order valence-electron chi connectivity index (χ2n) is 6.58. The summed E-state index contributed by atoms with van der Waals surface area (Å²) in [5.74, 6) is -0.0885. The smallest absolute Gasteiger partial charge is 0.273 e. The van der Waals surface area contributed by atoms with E-state index in [4.69, 9.17) is 10.5 Å². The quantitative estimate of drug-likeness (QED) is 0.869. The molecule has 1 aromatic heterocycles. The summed E-state index contributed by atoms with van der Waals surface area (Å²) in [4.78, 5) is 20.2. The average molecular weight is 377 g/mol. The number of carbonyl (C=O) groups is 1. The first kappa shape index (κ1) is 18.8. The van der Waals surface area contributed by atoms with Gasteiger partial charge in [0.1, 0.15) is 5.69 Å². The molecule has 1 amide bonds. The number of rotatable bonds is 5. The molecule has 5 nitrogen and oxygen atoms in total. The van der Waals surface area contributed by atoms with E-state index in [0.29, 0.717) is 25.2 Å². The molecule has 1 saturated heterocycles. The molecular formula is C19H24FN3O2S. The summed E-state index contributed by atoms with van der Waals surface area (Å²) < 4.78 is 19.0. The van der Waals surface area contributed by atoms with Crippen molar-refractivity contribution in [2.45, 2.75) is 38.6 Å². The van der Waals surface area contributed by atoms with E-state index in [1.54, 1.807) is 6.07 Å². The number of benzene rings is 1. The van der Waals surface area contributed by atoms with E-state index in [9.17, 15) is 9.18 Å². The van der Waals surface area contributed by atoms with Crippen LogP contribution in [0.4, 0.5) is 4.39 Å². The van der Waals surface area contributed by atoms with Gasteiger partial charge in [0.25, 0.3) is 5.91 Å². The lowest BCUT2D eigenvalue weighted by molar-refractivity contribution is 0.0736. The average Bonchev–Trinajstić information content (AvgIpc) is 3.17. The van der Waals surface area contributed by atoms with Gasteiger partial charge in [-0.05, 0) is 44.5 Å². The lowest BCUT2D eigenvalue weighted by Crippen LogP contribution is -2.36. The van der Waals surface area contributed by atoms with Crippen molar-refractivity contribution in [3.05, 3.63) is 45.2 Å². The molecule has 140 valence electrons. The van der Waals surface area contributed by atoms with Gasteiger partial charge in [0.05, 0.1) is 12.1 Å². The molecule has 0 aliphatic carbocycles.